The second-order valence-electron chi connectivity index (χ2n) is 25.9. The summed E-state index contributed by atoms with van der Waals surface area (Å²) in [6.45, 7) is 4.12. The highest BCUT2D eigenvalue weighted by Crippen LogP contribution is 2.39. The number of hydrogen-bond acceptors (Lipinski definition) is 15. The molecule has 0 spiro atoms. The summed E-state index contributed by atoms with van der Waals surface area (Å²) in [5, 5.41) is 26.6. The fourth-order valence-electron chi connectivity index (χ4n) is 12.6. The second kappa shape index (κ2) is 30.8. The van der Waals surface area contributed by atoms with Crippen LogP contribution in [0.15, 0.2) is 358 Å². The first-order chi connectivity index (χ1) is 53.4. The molecule has 17 nitrogen and oxygen atoms in total. The van der Waals surface area contributed by atoms with Crippen LogP contribution in [-0.4, -0.2) is 23.6 Å². The molecule has 0 aromatic heterocycles. The lowest BCUT2D eigenvalue weighted by Gasteiger charge is -2.15. The first kappa shape index (κ1) is 68.6. The molecule has 14 aromatic rings. The molecule has 14 aromatic carbocycles. The van der Waals surface area contributed by atoms with Crippen molar-refractivity contribution in [2.45, 2.75) is 26.7 Å². The zero-order valence-electron chi connectivity index (χ0n) is 58.8. The van der Waals surface area contributed by atoms with Crippen molar-refractivity contribution in [3.8, 4) is 79.7 Å². The van der Waals surface area contributed by atoms with E-state index >= 15 is 0 Å². The van der Waals surface area contributed by atoms with Crippen LogP contribution in [0.25, 0.3) is 22.3 Å². The maximum Gasteiger partial charge on any atom is 0.266 e. The molecule has 16 rings (SSSR count). The summed E-state index contributed by atoms with van der Waals surface area (Å²) in [6.07, 6.45) is 1.32. The number of aryl methyl sites for hydroxylation is 2. The van der Waals surface area contributed by atoms with Gasteiger partial charge in [-0.25, -0.2) is 9.80 Å². The average molecular weight is 1430 g/mol. The van der Waals surface area contributed by atoms with Crippen molar-refractivity contribution < 1.29 is 42.9 Å². The molecule has 0 fully saturated rings. The third-order valence-electron chi connectivity index (χ3n) is 18.3. The molecular weight excluding hydrogens is 1360 g/mol. The van der Waals surface area contributed by atoms with E-state index in [-0.39, 0.29) is 22.3 Å². The molecule has 0 saturated carbocycles. The van der Waals surface area contributed by atoms with Crippen LogP contribution in [0.3, 0.4) is 0 Å². The molecule has 17 heteroatoms. The van der Waals surface area contributed by atoms with Gasteiger partial charge in [0.2, 0.25) is 0 Å². The van der Waals surface area contributed by atoms with E-state index in [1.807, 2.05) is 213 Å². The number of carbonyl (C=O) groups is 4. The highest BCUT2D eigenvalue weighted by molar-refractivity contribution is 6.35. The quantitative estimate of drug-likeness (QED) is 0.0442. The van der Waals surface area contributed by atoms with Gasteiger partial charge in [-0.15, -0.1) is 0 Å². The van der Waals surface area contributed by atoms with E-state index in [2.05, 4.69) is 49.7 Å². The fraction of sp³-hybridized carbons (Fsp3) is 0.0435. The van der Waals surface area contributed by atoms with Crippen molar-refractivity contribution in [2.24, 2.45) is 30.7 Å². The van der Waals surface area contributed by atoms with Crippen molar-refractivity contribution in [1.29, 1.82) is 0 Å². The number of carbonyl (C=O) groups excluding carboxylic acids is 4. The van der Waals surface area contributed by atoms with Gasteiger partial charge in [-0.1, -0.05) is 104 Å². The lowest BCUT2D eigenvalue weighted by Crippen LogP contribution is -2.29. The number of rotatable bonds is 23. The Bertz CT molecular complexity index is 5840. The van der Waals surface area contributed by atoms with E-state index in [4.69, 9.17) is 23.7 Å². The minimum atomic E-state index is -0.471. The topological polar surface area (TPSA) is 195 Å². The molecule has 109 heavy (non-hydrogen) atoms. The Morgan fingerprint density at radius 2 is 0.532 bits per heavy atom. The molecule has 0 radical (unpaired) electrons. The van der Waals surface area contributed by atoms with E-state index in [9.17, 15) is 19.2 Å². The molecule has 0 unspecified atom stereocenters. The predicted octanol–water partition coefficient (Wildman–Crippen LogP) is 25.3. The number of amides is 4. The zero-order valence-corrected chi connectivity index (χ0v) is 58.8. The first-order valence-corrected chi connectivity index (χ1v) is 35.2. The number of benzene rings is 14. The minimum Gasteiger partial charge on any atom is -0.457 e. The summed E-state index contributed by atoms with van der Waals surface area (Å²) in [7, 11) is 0. The normalized spacial score (nSPS) is 12.5. The number of anilines is 2. The van der Waals surface area contributed by atoms with Gasteiger partial charge >= 0.3 is 0 Å². The van der Waals surface area contributed by atoms with Gasteiger partial charge in [-0.3, -0.25) is 19.2 Å². The van der Waals surface area contributed by atoms with Crippen LogP contribution in [0.1, 0.15) is 70.6 Å². The van der Waals surface area contributed by atoms with Gasteiger partial charge in [-0.2, -0.15) is 30.7 Å². The van der Waals surface area contributed by atoms with Crippen LogP contribution in [0.2, 0.25) is 0 Å². The summed E-state index contributed by atoms with van der Waals surface area (Å²) in [5.41, 5.74) is 13.7. The smallest absolute Gasteiger partial charge is 0.266 e. The first-order valence-electron chi connectivity index (χ1n) is 35.2. The van der Waals surface area contributed by atoms with Crippen molar-refractivity contribution in [3.05, 3.63) is 372 Å². The van der Waals surface area contributed by atoms with Crippen LogP contribution >= 0.6 is 0 Å². The fourth-order valence-corrected chi connectivity index (χ4v) is 12.6. The average Bonchev–Trinajstić information content (AvgIpc) is 1.61. The van der Waals surface area contributed by atoms with E-state index < -0.39 is 23.6 Å². The summed E-state index contributed by atoms with van der Waals surface area (Å²) < 4.78 is 30.5. The molecule has 0 saturated heterocycles. The monoisotopic (exact) mass is 1420 g/mol. The summed E-state index contributed by atoms with van der Waals surface area (Å²) in [6, 6.07) is 101. The number of imide groups is 2. The van der Waals surface area contributed by atoms with Gasteiger partial charge in [0.15, 0.2) is 0 Å². The molecule has 0 atom stereocenters. The van der Waals surface area contributed by atoms with Crippen molar-refractivity contribution in [3.63, 3.8) is 0 Å². The lowest BCUT2D eigenvalue weighted by atomic mass is 9.98. The number of ether oxygens (including phenoxy) is 5. The molecule has 0 aliphatic carbocycles. The van der Waals surface area contributed by atoms with Gasteiger partial charge in [0.25, 0.3) is 23.6 Å². The Labute approximate surface area is 627 Å². The summed E-state index contributed by atoms with van der Waals surface area (Å²) >= 11 is 0. The minimum absolute atomic E-state index is 0.259. The highest BCUT2D eigenvalue weighted by atomic mass is 16.5. The molecule has 4 amide bonds. The van der Waals surface area contributed by atoms with Crippen LogP contribution in [-0.2, 0) is 12.8 Å². The Kier molecular flexibility index (Phi) is 19.4. The predicted molar refractivity (Wildman–Crippen MR) is 420 cm³/mol. The molecule has 526 valence electrons. The highest BCUT2D eigenvalue weighted by Gasteiger charge is 2.39. The Morgan fingerprint density at radius 1 is 0.248 bits per heavy atom. The largest absolute Gasteiger partial charge is 0.457 e. The van der Waals surface area contributed by atoms with E-state index in [0.717, 1.165) is 78.0 Å². The second-order valence-corrected chi connectivity index (χ2v) is 25.9. The van der Waals surface area contributed by atoms with Gasteiger partial charge in [0.1, 0.15) is 57.5 Å². The number of hydrogen-bond donors (Lipinski definition) is 0. The molecule has 2 aliphatic rings. The van der Waals surface area contributed by atoms with Crippen LogP contribution in [0.5, 0.6) is 57.5 Å². The van der Waals surface area contributed by atoms with Crippen LogP contribution in [0.4, 0.5) is 45.5 Å². The molecule has 2 heterocycles. The third kappa shape index (κ3) is 16.0. The lowest BCUT2D eigenvalue weighted by molar-refractivity contribution is 0.0910. The molecule has 2 aliphatic heterocycles. The number of nitrogens with zero attached hydrogens (tertiary/aromatic N) is 8. The molecular formula is C92H64N8O9. The maximum absolute atomic E-state index is 14.0. The number of azo groups is 3. The summed E-state index contributed by atoms with van der Waals surface area (Å²) in [5.74, 6) is 4.57. The zero-order chi connectivity index (χ0) is 74.2. The van der Waals surface area contributed by atoms with E-state index in [1.54, 1.807) is 109 Å². The van der Waals surface area contributed by atoms with Crippen molar-refractivity contribution in [2.75, 3.05) is 9.80 Å². The van der Waals surface area contributed by atoms with Crippen molar-refractivity contribution >= 4 is 69.1 Å². The number of fused-ring (bicyclic) bond motifs is 2. The Hall–Kier alpha value is -14.8. The summed E-state index contributed by atoms with van der Waals surface area (Å²) in [4.78, 5) is 57.8. The Morgan fingerprint density at radius 3 is 0.917 bits per heavy atom. The maximum atomic E-state index is 14.0. The van der Waals surface area contributed by atoms with Gasteiger partial charge in [-0.05, 0) is 283 Å². The van der Waals surface area contributed by atoms with Gasteiger partial charge in [0.05, 0.1) is 67.8 Å². The molecule has 0 N–H and O–H groups in total. The molecule has 0 bridgehead atoms. The van der Waals surface area contributed by atoms with Crippen LogP contribution in [0, 0.1) is 6.92 Å². The Balaban J connectivity index is 0.469. The standard InChI is InChI=1S/C92H64N8O9/c1-3-60-13-39-75(40-14-60)105-78-45-31-70(32-46-78)96-93-67-25-17-63(18-26-67)65-21-41-76(42-22-65)106-79-47-33-71(34-48-79)97-94-68-27-19-64(20-28-68)66-23-43-77(44-24-66)107-80-49-35-72(36-50-80)98-95-69-29-37-73(38-30-69)99-89(101)85-51-15-61(55-87(85)91(99)103)54-62-16-52-86-88(56-62)92(104)100(90(86)102)74-8-5-10-82(57-74)109-84-12-6-11-83(58-84)108-81-9-4-7-59(2)53-81/h4-53,55-58H,3,54H2,1-2H3. The van der Waals surface area contributed by atoms with E-state index in [1.165, 1.54) is 5.56 Å². The third-order valence-corrected chi connectivity index (χ3v) is 18.3. The van der Waals surface area contributed by atoms with Crippen molar-refractivity contribution in [1.82, 2.24) is 0 Å². The van der Waals surface area contributed by atoms with Gasteiger partial charge < -0.3 is 23.7 Å². The SMILES string of the molecule is CCc1ccc(Oc2ccc(N=Nc3ccc(-c4ccc(Oc5ccc(N=Nc6ccc(-c7ccc(Oc8ccc(N=Nc9ccc(N%10C(=O)c%11ccc(Cc%12ccc%13c(c%12)C(=O)N(c%12cccc(Oc%14cccc(Oc%15cccc(C)c%15)c%14)c%12)C%13=O)cc%11C%10=O)cc9)cc8)cc7)cc6)cc5)cc4)cc3)cc2)cc1. The van der Waals surface area contributed by atoms with E-state index in [0.29, 0.717) is 86.5 Å². The van der Waals surface area contributed by atoms with Crippen LogP contribution < -0.4 is 33.5 Å². The van der Waals surface area contributed by atoms with Gasteiger partial charge in [0, 0.05) is 12.1 Å².